The quantitative estimate of drug-likeness (QED) is 0.778. The van der Waals surface area contributed by atoms with Crippen molar-refractivity contribution in [1.29, 1.82) is 0 Å². The van der Waals surface area contributed by atoms with Crippen LogP contribution in [0, 0.1) is 3.57 Å². The minimum absolute atomic E-state index is 0.729. The predicted molar refractivity (Wildman–Crippen MR) is 81.1 cm³/mol. The summed E-state index contributed by atoms with van der Waals surface area (Å²) in [5, 5.41) is 0. The van der Waals surface area contributed by atoms with Gasteiger partial charge in [-0.05, 0) is 73.8 Å². The van der Waals surface area contributed by atoms with Crippen molar-refractivity contribution in [2.24, 2.45) is 0 Å². The molecule has 1 aromatic carbocycles. The molecular weight excluding hydrogens is 323 g/mol. The maximum Gasteiger partial charge on any atom is 0.0234 e. The van der Waals surface area contributed by atoms with E-state index in [4.69, 9.17) is 0 Å². The lowest BCUT2D eigenvalue weighted by molar-refractivity contribution is 0.128. The Morgan fingerprint density at radius 2 is 2.00 bits per heavy atom. The first-order chi connectivity index (χ1) is 8.15. The molecule has 0 bridgehead atoms. The van der Waals surface area contributed by atoms with Crippen molar-refractivity contribution in [2.75, 3.05) is 27.2 Å². The van der Waals surface area contributed by atoms with E-state index in [-0.39, 0.29) is 0 Å². The molecule has 0 aliphatic carbocycles. The van der Waals surface area contributed by atoms with Crippen LogP contribution in [-0.2, 0) is 6.54 Å². The molecule has 94 valence electrons. The van der Waals surface area contributed by atoms with Crippen molar-refractivity contribution < 1.29 is 0 Å². The molecule has 2 rings (SSSR count). The van der Waals surface area contributed by atoms with Crippen molar-refractivity contribution in [3.63, 3.8) is 0 Å². The summed E-state index contributed by atoms with van der Waals surface area (Å²) in [6.07, 6.45) is 2.67. The van der Waals surface area contributed by atoms with E-state index in [0.29, 0.717) is 0 Å². The summed E-state index contributed by atoms with van der Waals surface area (Å²) in [7, 11) is 4.39. The van der Waals surface area contributed by atoms with Crippen molar-refractivity contribution in [3.05, 3.63) is 33.4 Å². The number of nitrogens with zero attached hydrogens (tertiary/aromatic N) is 2. The minimum atomic E-state index is 0.729. The van der Waals surface area contributed by atoms with E-state index in [1.54, 1.807) is 0 Å². The highest BCUT2D eigenvalue weighted by Gasteiger charge is 2.20. The van der Waals surface area contributed by atoms with Gasteiger partial charge in [-0.15, -0.1) is 0 Å². The molecule has 0 aromatic heterocycles. The minimum Gasteiger partial charge on any atom is -0.305 e. The Labute approximate surface area is 118 Å². The number of rotatable bonds is 3. The number of likely N-dealkylation sites (tertiary alicyclic amines) is 1. The summed E-state index contributed by atoms with van der Waals surface area (Å²) in [4.78, 5) is 4.94. The number of piperidine rings is 1. The van der Waals surface area contributed by atoms with Gasteiger partial charge in [0.25, 0.3) is 0 Å². The molecule has 1 heterocycles. The fraction of sp³-hybridized carbons (Fsp3) is 0.571. The lowest BCUT2D eigenvalue weighted by Gasteiger charge is -2.36. The number of hydrogen-bond donors (Lipinski definition) is 0. The Bertz CT molecular complexity index is 348. The number of likely N-dealkylation sites (N-methyl/N-ethyl adjacent to an activating group) is 1. The third-order valence-electron chi connectivity index (χ3n) is 3.53. The molecule has 1 saturated heterocycles. The van der Waals surface area contributed by atoms with Crippen LogP contribution in [0.4, 0.5) is 0 Å². The largest absolute Gasteiger partial charge is 0.305 e. The zero-order valence-electron chi connectivity index (χ0n) is 10.7. The first-order valence-corrected chi connectivity index (χ1v) is 7.36. The van der Waals surface area contributed by atoms with Gasteiger partial charge in [0.15, 0.2) is 0 Å². The second-order valence-corrected chi connectivity index (χ2v) is 6.37. The summed E-state index contributed by atoms with van der Waals surface area (Å²) < 4.78 is 1.32. The second kappa shape index (κ2) is 6.16. The number of benzene rings is 1. The molecule has 0 spiro atoms. The van der Waals surface area contributed by atoms with Gasteiger partial charge in [-0.1, -0.05) is 12.1 Å². The van der Waals surface area contributed by atoms with Gasteiger partial charge >= 0.3 is 0 Å². The van der Waals surface area contributed by atoms with Crippen LogP contribution in [0.15, 0.2) is 24.3 Å². The zero-order chi connectivity index (χ0) is 12.3. The lowest BCUT2D eigenvalue weighted by Crippen LogP contribution is -2.44. The Balaban J connectivity index is 1.92. The van der Waals surface area contributed by atoms with Gasteiger partial charge < -0.3 is 4.90 Å². The molecule has 1 aliphatic heterocycles. The molecule has 0 radical (unpaired) electrons. The lowest BCUT2D eigenvalue weighted by atomic mass is 10.0. The van der Waals surface area contributed by atoms with Crippen molar-refractivity contribution in [2.45, 2.75) is 25.4 Å². The smallest absolute Gasteiger partial charge is 0.0234 e. The third kappa shape index (κ3) is 3.93. The van der Waals surface area contributed by atoms with Gasteiger partial charge in [-0.2, -0.15) is 0 Å². The zero-order valence-corrected chi connectivity index (χ0v) is 12.9. The highest BCUT2D eigenvalue weighted by atomic mass is 127. The van der Waals surface area contributed by atoms with Crippen LogP contribution >= 0.6 is 22.6 Å². The first kappa shape index (κ1) is 13.3. The van der Waals surface area contributed by atoms with Crippen molar-refractivity contribution >= 4 is 22.6 Å². The van der Waals surface area contributed by atoms with Crippen LogP contribution < -0.4 is 0 Å². The maximum absolute atomic E-state index is 2.58. The Morgan fingerprint density at radius 3 is 2.65 bits per heavy atom. The van der Waals surface area contributed by atoms with Gasteiger partial charge in [0.05, 0.1) is 0 Å². The molecule has 1 aliphatic rings. The molecule has 0 saturated carbocycles. The summed E-state index contributed by atoms with van der Waals surface area (Å²) >= 11 is 2.36. The standard InChI is InChI=1S/C14H21IN2/c1-16(2)14-4-3-9-17(11-14)10-12-5-7-13(15)8-6-12/h5-8,14H,3-4,9-11H2,1-2H3. The van der Waals surface area contributed by atoms with Gasteiger partial charge in [0.1, 0.15) is 0 Å². The normalized spacial score (nSPS) is 22.0. The average molecular weight is 344 g/mol. The van der Waals surface area contributed by atoms with Crippen LogP contribution in [0.5, 0.6) is 0 Å². The molecule has 0 amide bonds. The SMILES string of the molecule is CN(C)C1CCCN(Cc2ccc(I)cc2)C1. The highest BCUT2D eigenvalue weighted by Crippen LogP contribution is 2.17. The molecule has 1 aromatic rings. The van der Waals surface area contributed by atoms with E-state index < -0.39 is 0 Å². The van der Waals surface area contributed by atoms with E-state index >= 15 is 0 Å². The monoisotopic (exact) mass is 344 g/mol. The van der Waals surface area contributed by atoms with Crippen LogP contribution in [0.2, 0.25) is 0 Å². The maximum atomic E-state index is 2.58. The van der Waals surface area contributed by atoms with Crippen LogP contribution in [-0.4, -0.2) is 43.0 Å². The van der Waals surface area contributed by atoms with E-state index in [2.05, 4.69) is 70.8 Å². The molecule has 17 heavy (non-hydrogen) atoms. The summed E-state index contributed by atoms with van der Waals surface area (Å²) in [6, 6.07) is 9.63. The molecule has 2 nitrogen and oxygen atoms in total. The van der Waals surface area contributed by atoms with E-state index in [9.17, 15) is 0 Å². The Morgan fingerprint density at radius 1 is 1.29 bits per heavy atom. The molecule has 1 fully saturated rings. The van der Waals surface area contributed by atoms with Gasteiger partial charge in [-0.25, -0.2) is 0 Å². The van der Waals surface area contributed by atoms with Gasteiger partial charge in [0.2, 0.25) is 0 Å². The first-order valence-electron chi connectivity index (χ1n) is 6.28. The number of hydrogen-bond acceptors (Lipinski definition) is 2. The number of halogens is 1. The van der Waals surface area contributed by atoms with Gasteiger partial charge in [-0.3, -0.25) is 4.90 Å². The van der Waals surface area contributed by atoms with E-state index in [1.165, 1.54) is 35.1 Å². The molecule has 1 unspecified atom stereocenters. The molecule has 3 heteroatoms. The van der Waals surface area contributed by atoms with Crippen molar-refractivity contribution in [3.8, 4) is 0 Å². The Kier molecular flexibility index (Phi) is 4.82. The van der Waals surface area contributed by atoms with Gasteiger partial charge in [0, 0.05) is 22.7 Å². The van der Waals surface area contributed by atoms with E-state index in [1.807, 2.05) is 0 Å². The van der Waals surface area contributed by atoms with Crippen molar-refractivity contribution in [1.82, 2.24) is 9.80 Å². The fourth-order valence-electron chi connectivity index (χ4n) is 2.44. The molecular formula is C14H21IN2. The van der Waals surface area contributed by atoms with Crippen LogP contribution in [0.1, 0.15) is 18.4 Å². The summed E-state index contributed by atoms with van der Waals surface area (Å²) in [5.41, 5.74) is 1.44. The third-order valence-corrected chi connectivity index (χ3v) is 4.25. The molecule has 0 N–H and O–H groups in total. The molecule has 1 atom stereocenters. The topological polar surface area (TPSA) is 6.48 Å². The second-order valence-electron chi connectivity index (χ2n) is 5.12. The Hall–Kier alpha value is -0.130. The fourth-order valence-corrected chi connectivity index (χ4v) is 2.80. The summed E-state index contributed by atoms with van der Waals surface area (Å²) in [6.45, 7) is 3.55. The summed E-state index contributed by atoms with van der Waals surface area (Å²) in [5.74, 6) is 0. The van der Waals surface area contributed by atoms with Crippen LogP contribution in [0.25, 0.3) is 0 Å². The van der Waals surface area contributed by atoms with E-state index in [0.717, 1.165) is 12.6 Å². The highest BCUT2D eigenvalue weighted by molar-refractivity contribution is 14.1. The van der Waals surface area contributed by atoms with Crippen LogP contribution in [0.3, 0.4) is 0 Å². The predicted octanol–water partition coefficient (Wildman–Crippen LogP) is 2.82. The average Bonchev–Trinajstić information content (AvgIpc) is 2.32.